The summed E-state index contributed by atoms with van der Waals surface area (Å²) in [5, 5.41) is 11.0. The molecule has 2 aliphatic rings. The second-order valence-electron chi connectivity index (χ2n) is 8.87. The quantitative estimate of drug-likeness (QED) is 0.807. The lowest BCUT2D eigenvalue weighted by atomic mass is 9.94. The van der Waals surface area contributed by atoms with Gasteiger partial charge in [-0.05, 0) is 39.2 Å². The van der Waals surface area contributed by atoms with E-state index in [0.29, 0.717) is 19.4 Å². The molecule has 2 heterocycles. The Balaban J connectivity index is 1.74. The van der Waals surface area contributed by atoms with Crippen molar-refractivity contribution in [3.63, 3.8) is 0 Å². The minimum Gasteiger partial charge on any atom is -0.446 e. The van der Waals surface area contributed by atoms with Crippen molar-refractivity contribution in [1.82, 2.24) is 9.80 Å². The first kappa shape index (κ1) is 22.1. The van der Waals surface area contributed by atoms with Gasteiger partial charge in [0.25, 0.3) is 0 Å². The van der Waals surface area contributed by atoms with Gasteiger partial charge in [0.15, 0.2) is 0 Å². The Kier molecular flexibility index (Phi) is 6.36. The van der Waals surface area contributed by atoms with Gasteiger partial charge in [0, 0.05) is 6.54 Å². The highest BCUT2D eigenvalue weighted by atomic mass is 16.6. The van der Waals surface area contributed by atoms with Crippen LogP contribution < -0.4 is 0 Å². The van der Waals surface area contributed by atoms with Crippen LogP contribution in [-0.2, 0) is 14.3 Å². The number of aliphatic hydroxyl groups is 1. The summed E-state index contributed by atoms with van der Waals surface area (Å²) in [4.78, 5) is 40.6. The smallest absolute Gasteiger partial charge is 0.417 e. The molecule has 1 aromatic carbocycles. The molecule has 2 fully saturated rings. The van der Waals surface area contributed by atoms with E-state index in [0.717, 1.165) is 10.5 Å². The van der Waals surface area contributed by atoms with Crippen molar-refractivity contribution in [2.45, 2.75) is 64.3 Å². The molecule has 1 N–H and O–H groups in total. The van der Waals surface area contributed by atoms with Gasteiger partial charge in [-0.3, -0.25) is 4.79 Å². The van der Waals surface area contributed by atoms with Crippen molar-refractivity contribution in [3.8, 4) is 0 Å². The van der Waals surface area contributed by atoms with Gasteiger partial charge in [-0.15, -0.1) is 0 Å². The molecule has 0 aromatic heterocycles. The zero-order valence-electron chi connectivity index (χ0n) is 17.9. The second-order valence-corrected chi connectivity index (χ2v) is 8.87. The van der Waals surface area contributed by atoms with Crippen molar-refractivity contribution in [2.75, 3.05) is 13.2 Å². The highest BCUT2D eigenvalue weighted by Gasteiger charge is 2.45. The van der Waals surface area contributed by atoms with Gasteiger partial charge in [-0.25, -0.2) is 14.5 Å². The standard InChI is InChI=1S/C22H30N2O6/c1-14(18(25)16-11-8-12-23(16)20(27)30-22(2,3)4)19(26)24-17(13-29-21(24)28)15-9-6-5-7-10-15/h5-7,9-10,14,16-18,25H,8,11-13H2,1-4H3/t14-,16?,17?,18-/m1/s1. The zero-order chi connectivity index (χ0) is 22.1. The molecule has 2 aliphatic heterocycles. The van der Waals surface area contributed by atoms with Gasteiger partial charge in [-0.2, -0.15) is 0 Å². The Labute approximate surface area is 176 Å². The molecule has 1 aromatic rings. The van der Waals surface area contributed by atoms with Gasteiger partial charge < -0.3 is 19.5 Å². The van der Waals surface area contributed by atoms with Gasteiger partial charge in [0.2, 0.25) is 5.91 Å². The molecule has 30 heavy (non-hydrogen) atoms. The first-order chi connectivity index (χ1) is 14.1. The van der Waals surface area contributed by atoms with Crippen molar-refractivity contribution >= 4 is 18.1 Å². The number of rotatable bonds is 4. The molecule has 0 aliphatic carbocycles. The Morgan fingerprint density at radius 2 is 1.90 bits per heavy atom. The number of benzene rings is 1. The normalized spacial score (nSPS) is 23.8. The van der Waals surface area contributed by atoms with Crippen LogP contribution in [0.15, 0.2) is 30.3 Å². The minimum absolute atomic E-state index is 0.0743. The first-order valence-corrected chi connectivity index (χ1v) is 10.3. The molecule has 164 valence electrons. The molecule has 3 rings (SSSR count). The van der Waals surface area contributed by atoms with Crippen LogP contribution in [-0.4, -0.2) is 63.9 Å². The van der Waals surface area contributed by atoms with Crippen LogP contribution in [0.25, 0.3) is 0 Å². The van der Waals surface area contributed by atoms with Crippen molar-refractivity contribution in [3.05, 3.63) is 35.9 Å². The summed E-state index contributed by atoms with van der Waals surface area (Å²) in [5.41, 5.74) is 0.133. The number of amides is 3. The Morgan fingerprint density at radius 3 is 2.53 bits per heavy atom. The molecule has 0 radical (unpaired) electrons. The lowest BCUT2D eigenvalue weighted by Crippen LogP contribution is -2.51. The molecule has 8 nitrogen and oxygen atoms in total. The SMILES string of the molecule is C[C@@H](C(=O)N1C(=O)OCC1c1ccccc1)[C@@H](O)C1CCCN1C(=O)OC(C)(C)C. The molecular formula is C22H30N2O6. The van der Waals surface area contributed by atoms with Gasteiger partial charge >= 0.3 is 12.2 Å². The fourth-order valence-corrected chi connectivity index (χ4v) is 3.98. The maximum Gasteiger partial charge on any atom is 0.417 e. The largest absolute Gasteiger partial charge is 0.446 e. The zero-order valence-corrected chi connectivity index (χ0v) is 17.9. The number of likely N-dealkylation sites (tertiary alicyclic amines) is 1. The number of aliphatic hydroxyl groups excluding tert-OH is 1. The number of hydrogen-bond acceptors (Lipinski definition) is 6. The van der Waals surface area contributed by atoms with E-state index < -0.39 is 47.8 Å². The van der Waals surface area contributed by atoms with Gasteiger partial charge in [0.05, 0.1) is 18.1 Å². The molecule has 2 unspecified atom stereocenters. The lowest BCUT2D eigenvalue weighted by Gasteiger charge is -2.34. The number of hydrogen-bond donors (Lipinski definition) is 1. The number of carbonyl (C=O) groups is 3. The van der Waals surface area contributed by atoms with E-state index in [1.165, 1.54) is 4.90 Å². The number of ether oxygens (including phenoxy) is 2. The Bertz CT molecular complexity index is 791. The predicted octanol–water partition coefficient (Wildman–Crippen LogP) is 3.10. The summed E-state index contributed by atoms with van der Waals surface area (Å²) in [6, 6.07) is 8.08. The summed E-state index contributed by atoms with van der Waals surface area (Å²) in [6.45, 7) is 7.44. The molecule has 0 saturated carbocycles. The average molecular weight is 418 g/mol. The van der Waals surface area contributed by atoms with Crippen LogP contribution in [0.3, 0.4) is 0 Å². The monoisotopic (exact) mass is 418 g/mol. The highest BCUT2D eigenvalue weighted by molar-refractivity contribution is 5.95. The van der Waals surface area contributed by atoms with E-state index in [1.807, 2.05) is 30.3 Å². The molecular weight excluding hydrogens is 388 g/mol. The lowest BCUT2D eigenvalue weighted by molar-refractivity contribution is -0.138. The second kappa shape index (κ2) is 8.63. The molecule has 0 spiro atoms. The summed E-state index contributed by atoms with van der Waals surface area (Å²) in [5.74, 6) is -1.41. The van der Waals surface area contributed by atoms with Crippen LogP contribution in [0.1, 0.15) is 52.1 Å². The average Bonchev–Trinajstić information content (AvgIpc) is 3.32. The van der Waals surface area contributed by atoms with Gasteiger partial charge in [0.1, 0.15) is 18.2 Å². The van der Waals surface area contributed by atoms with Crippen LogP contribution in [0.5, 0.6) is 0 Å². The van der Waals surface area contributed by atoms with E-state index in [2.05, 4.69) is 0 Å². The van der Waals surface area contributed by atoms with E-state index in [-0.39, 0.29) is 6.61 Å². The van der Waals surface area contributed by atoms with E-state index >= 15 is 0 Å². The highest BCUT2D eigenvalue weighted by Crippen LogP contribution is 2.32. The van der Waals surface area contributed by atoms with E-state index in [9.17, 15) is 19.5 Å². The Morgan fingerprint density at radius 1 is 1.23 bits per heavy atom. The summed E-state index contributed by atoms with van der Waals surface area (Å²) < 4.78 is 10.6. The number of cyclic esters (lactones) is 1. The number of carbonyl (C=O) groups excluding carboxylic acids is 3. The third-order valence-electron chi connectivity index (χ3n) is 5.52. The fourth-order valence-electron chi connectivity index (χ4n) is 3.98. The fraction of sp³-hybridized carbons (Fsp3) is 0.591. The van der Waals surface area contributed by atoms with Gasteiger partial charge in [-0.1, -0.05) is 37.3 Å². The van der Waals surface area contributed by atoms with Crippen molar-refractivity contribution in [1.29, 1.82) is 0 Å². The van der Waals surface area contributed by atoms with Crippen LogP contribution >= 0.6 is 0 Å². The van der Waals surface area contributed by atoms with Crippen LogP contribution in [0.2, 0.25) is 0 Å². The molecule has 4 atom stereocenters. The molecule has 0 bridgehead atoms. The molecule has 3 amide bonds. The third-order valence-corrected chi connectivity index (χ3v) is 5.52. The summed E-state index contributed by atoms with van der Waals surface area (Å²) >= 11 is 0. The Hall–Kier alpha value is -2.61. The molecule has 8 heteroatoms. The van der Waals surface area contributed by atoms with Crippen molar-refractivity contribution < 1.29 is 29.0 Å². The maximum atomic E-state index is 13.2. The summed E-state index contributed by atoms with van der Waals surface area (Å²) in [6.07, 6.45) is -1.09. The van der Waals surface area contributed by atoms with E-state index in [1.54, 1.807) is 27.7 Å². The van der Waals surface area contributed by atoms with Crippen molar-refractivity contribution in [2.24, 2.45) is 5.92 Å². The number of imide groups is 1. The van der Waals surface area contributed by atoms with Crippen LogP contribution in [0, 0.1) is 5.92 Å². The molecule has 2 saturated heterocycles. The topological polar surface area (TPSA) is 96.4 Å². The van der Waals surface area contributed by atoms with Crippen LogP contribution in [0.4, 0.5) is 9.59 Å². The minimum atomic E-state index is -1.13. The first-order valence-electron chi connectivity index (χ1n) is 10.3. The number of nitrogens with zero attached hydrogens (tertiary/aromatic N) is 2. The predicted molar refractivity (Wildman–Crippen MR) is 109 cm³/mol. The summed E-state index contributed by atoms with van der Waals surface area (Å²) in [7, 11) is 0. The van der Waals surface area contributed by atoms with E-state index in [4.69, 9.17) is 9.47 Å². The maximum absolute atomic E-state index is 13.2. The third kappa shape index (κ3) is 4.59.